The molecule has 6 heteroatoms. The number of amides is 2. The van der Waals surface area contributed by atoms with Gasteiger partial charge in [0.25, 0.3) is 0 Å². The summed E-state index contributed by atoms with van der Waals surface area (Å²) in [5.41, 5.74) is 0.955. The number of nitrogens with zero attached hydrogens (tertiary/aromatic N) is 3. The second-order valence-electron chi connectivity index (χ2n) is 7.13. The van der Waals surface area contributed by atoms with Gasteiger partial charge >= 0.3 is 6.03 Å². The molecule has 0 saturated heterocycles. The predicted molar refractivity (Wildman–Crippen MR) is 106 cm³/mol. The number of urea groups is 1. The predicted octanol–water partition coefficient (Wildman–Crippen LogP) is 3.88. The number of carbonyl (C=O) groups excluding carboxylic acids is 1. The summed E-state index contributed by atoms with van der Waals surface area (Å²) in [6.45, 7) is 2.76. The molecule has 1 aromatic carbocycles. The van der Waals surface area contributed by atoms with Gasteiger partial charge in [-0.25, -0.2) is 9.78 Å². The van der Waals surface area contributed by atoms with E-state index < -0.39 is 0 Å². The number of carbonyl (C=O) groups is 1. The minimum Gasteiger partial charge on any atom is -0.497 e. The number of hydrogen-bond donors (Lipinski definition) is 1. The van der Waals surface area contributed by atoms with Crippen LogP contribution in [-0.4, -0.2) is 40.2 Å². The number of methoxy groups -OCH3 is 1. The van der Waals surface area contributed by atoms with E-state index in [-0.39, 0.29) is 12.1 Å². The Balaban J connectivity index is 1.86. The van der Waals surface area contributed by atoms with Gasteiger partial charge in [0.05, 0.1) is 7.11 Å². The van der Waals surface area contributed by atoms with Crippen LogP contribution in [0.2, 0.25) is 0 Å². The van der Waals surface area contributed by atoms with Crippen LogP contribution >= 0.6 is 0 Å². The van der Waals surface area contributed by atoms with Crippen LogP contribution in [0.25, 0.3) is 0 Å². The van der Waals surface area contributed by atoms with Gasteiger partial charge in [-0.15, -0.1) is 0 Å². The van der Waals surface area contributed by atoms with E-state index in [0.29, 0.717) is 12.6 Å². The first kappa shape index (κ1) is 19.3. The molecule has 1 saturated carbocycles. The van der Waals surface area contributed by atoms with Crippen LogP contribution in [0.5, 0.6) is 5.75 Å². The maximum absolute atomic E-state index is 13.2. The summed E-state index contributed by atoms with van der Waals surface area (Å²) < 4.78 is 7.32. The largest absolute Gasteiger partial charge is 0.497 e. The van der Waals surface area contributed by atoms with Crippen molar-refractivity contribution in [2.45, 2.75) is 51.1 Å². The second-order valence-corrected chi connectivity index (χ2v) is 7.13. The van der Waals surface area contributed by atoms with Crippen molar-refractivity contribution in [3.63, 3.8) is 0 Å². The van der Waals surface area contributed by atoms with Gasteiger partial charge in [-0.2, -0.15) is 0 Å². The maximum atomic E-state index is 13.2. The molecule has 0 radical (unpaired) electrons. The van der Waals surface area contributed by atoms with Gasteiger partial charge in [0.1, 0.15) is 17.6 Å². The van der Waals surface area contributed by atoms with Crippen molar-refractivity contribution >= 4 is 6.03 Å². The lowest BCUT2D eigenvalue weighted by atomic mass is 9.94. The number of rotatable bonds is 6. The molecule has 1 aromatic heterocycles. The van der Waals surface area contributed by atoms with Gasteiger partial charge < -0.3 is 19.5 Å². The van der Waals surface area contributed by atoms with E-state index in [9.17, 15) is 4.79 Å². The van der Waals surface area contributed by atoms with E-state index in [4.69, 9.17) is 4.74 Å². The zero-order valence-corrected chi connectivity index (χ0v) is 16.5. The van der Waals surface area contributed by atoms with Crippen LogP contribution in [0.1, 0.15) is 56.5 Å². The van der Waals surface area contributed by atoms with Gasteiger partial charge in [-0.1, -0.05) is 31.4 Å². The van der Waals surface area contributed by atoms with Crippen molar-refractivity contribution in [1.82, 2.24) is 19.8 Å². The third-order valence-corrected chi connectivity index (χ3v) is 5.43. The minimum absolute atomic E-state index is 0.0276. The molecule has 3 rings (SSSR count). The first-order valence-corrected chi connectivity index (χ1v) is 9.82. The number of aryl methyl sites for hydroxylation is 1. The summed E-state index contributed by atoms with van der Waals surface area (Å²) in [4.78, 5) is 19.6. The lowest BCUT2D eigenvalue weighted by Crippen LogP contribution is -2.48. The van der Waals surface area contributed by atoms with Gasteiger partial charge in [-0.05, 0) is 37.5 Å². The fourth-order valence-corrected chi connectivity index (χ4v) is 3.94. The van der Waals surface area contributed by atoms with E-state index in [1.807, 2.05) is 47.0 Å². The monoisotopic (exact) mass is 370 g/mol. The Kier molecular flexibility index (Phi) is 6.37. The van der Waals surface area contributed by atoms with E-state index in [1.54, 1.807) is 13.3 Å². The molecule has 2 amide bonds. The highest BCUT2D eigenvalue weighted by Crippen LogP contribution is 2.26. The average Bonchev–Trinajstić information content (AvgIpc) is 3.13. The minimum atomic E-state index is -0.328. The van der Waals surface area contributed by atoms with Crippen LogP contribution in [0.15, 0.2) is 36.7 Å². The van der Waals surface area contributed by atoms with E-state index >= 15 is 0 Å². The third kappa shape index (κ3) is 4.43. The van der Waals surface area contributed by atoms with Crippen molar-refractivity contribution in [3.8, 4) is 5.75 Å². The number of aromatic nitrogens is 2. The van der Waals surface area contributed by atoms with Crippen LogP contribution in [0, 0.1) is 0 Å². The Hall–Kier alpha value is -2.50. The molecule has 1 aliphatic carbocycles. The number of imidazole rings is 1. The Morgan fingerprint density at radius 3 is 2.78 bits per heavy atom. The molecule has 1 N–H and O–H groups in total. The first-order valence-electron chi connectivity index (χ1n) is 9.82. The van der Waals surface area contributed by atoms with Gasteiger partial charge in [0.2, 0.25) is 0 Å². The number of ether oxygens (including phenoxy) is 1. The smallest absolute Gasteiger partial charge is 0.318 e. The molecule has 146 valence electrons. The summed E-state index contributed by atoms with van der Waals surface area (Å²) >= 11 is 0. The molecule has 1 fully saturated rings. The summed E-state index contributed by atoms with van der Waals surface area (Å²) in [6, 6.07) is 7.77. The van der Waals surface area contributed by atoms with E-state index in [0.717, 1.165) is 30.0 Å². The molecule has 1 unspecified atom stereocenters. The van der Waals surface area contributed by atoms with E-state index in [2.05, 4.69) is 17.2 Å². The van der Waals surface area contributed by atoms with Crippen LogP contribution < -0.4 is 10.1 Å². The molecule has 0 aliphatic heterocycles. The van der Waals surface area contributed by atoms with Gasteiger partial charge in [0.15, 0.2) is 0 Å². The Bertz CT molecular complexity index is 752. The summed E-state index contributed by atoms with van der Waals surface area (Å²) in [5.74, 6) is 1.57. The standard InChI is InChI=1S/C21H30N4O2/c1-4-25(17-10-6-5-7-11-17)21(26)23-19(20-22-13-14-24(20)2)16-9-8-12-18(15-16)27-3/h8-9,12-15,17,19H,4-7,10-11H2,1-3H3,(H,23,26). The lowest BCUT2D eigenvalue weighted by Gasteiger charge is -2.34. The molecule has 1 aliphatic rings. The van der Waals surface area contributed by atoms with Crippen LogP contribution in [-0.2, 0) is 7.05 Å². The SMILES string of the molecule is CCN(C(=O)NC(c1cccc(OC)c1)c1nccn1C)C1CCCCC1. The molecule has 2 aromatic rings. The molecule has 27 heavy (non-hydrogen) atoms. The Morgan fingerprint density at radius 2 is 2.15 bits per heavy atom. The molecular weight excluding hydrogens is 340 g/mol. The first-order chi connectivity index (χ1) is 13.1. The van der Waals surface area contributed by atoms with Crippen molar-refractivity contribution in [2.24, 2.45) is 7.05 Å². The zero-order valence-electron chi connectivity index (χ0n) is 16.5. The van der Waals surface area contributed by atoms with Gasteiger partial charge in [-0.3, -0.25) is 0 Å². The summed E-state index contributed by atoms with van der Waals surface area (Å²) in [5, 5.41) is 3.22. The molecule has 0 spiro atoms. The number of benzene rings is 1. The van der Waals surface area contributed by atoms with Crippen molar-refractivity contribution in [1.29, 1.82) is 0 Å². The molecule has 0 bridgehead atoms. The topological polar surface area (TPSA) is 59.4 Å². The quantitative estimate of drug-likeness (QED) is 0.839. The van der Waals surface area contributed by atoms with E-state index in [1.165, 1.54) is 19.3 Å². The third-order valence-electron chi connectivity index (χ3n) is 5.43. The fraction of sp³-hybridized carbons (Fsp3) is 0.524. The Labute approximate surface area is 161 Å². The molecular formula is C21H30N4O2. The fourth-order valence-electron chi connectivity index (χ4n) is 3.94. The highest BCUT2D eigenvalue weighted by molar-refractivity contribution is 5.75. The summed E-state index contributed by atoms with van der Waals surface area (Å²) in [7, 11) is 3.59. The van der Waals surface area contributed by atoms with Crippen molar-refractivity contribution < 1.29 is 9.53 Å². The molecule has 1 heterocycles. The highest BCUT2D eigenvalue weighted by Gasteiger charge is 2.28. The highest BCUT2D eigenvalue weighted by atomic mass is 16.5. The number of hydrogen-bond acceptors (Lipinski definition) is 3. The Morgan fingerprint density at radius 1 is 1.37 bits per heavy atom. The summed E-state index contributed by atoms with van der Waals surface area (Å²) in [6.07, 6.45) is 9.51. The molecule has 1 atom stereocenters. The van der Waals surface area contributed by atoms with Crippen molar-refractivity contribution in [2.75, 3.05) is 13.7 Å². The molecule has 6 nitrogen and oxygen atoms in total. The maximum Gasteiger partial charge on any atom is 0.318 e. The van der Waals surface area contributed by atoms with Crippen LogP contribution in [0.3, 0.4) is 0 Å². The van der Waals surface area contributed by atoms with Crippen LogP contribution in [0.4, 0.5) is 4.79 Å². The zero-order chi connectivity index (χ0) is 19.2. The second kappa shape index (κ2) is 8.93. The van der Waals surface area contributed by atoms with Crippen molar-refractivity contribution in [3.05, 3.63) is 48.0 Å². The normalized spacial score (nSPS) is 16.0. The van der Waals surface area contributed by atoms with Gasteiger partial charge in [0, 0.05) is 32.0 Å². The number of nitrogens with one attached hydrogen (secondary N) is 1. The average molecular weight is 370 g/mol. The lowest BCUT2D eigenvalue weighted by molar-refractivity contribution is 0.157.